The van der Waals surface area contributed by atoms with Gasteiger partial charge in [0.05, 0.1) is 7.11 Å². The number of nitrogens with one attached hydrogen (secondary N) is 1. The monoisotopic (exact) mass is 319 g/mol. The van der Waals surface area contributed by atoms with Gasteiger partial charge in [-0.3, -0.25) is 4.79 Å². The third-order valence-electron chi connectivity index (χ3n) is 2.75. The van der Waals surface area contributed by atoms with Crippen molar-refractivity contribution in [2.24, 2.45) is 0 Å². The van der Waals surface area contributed by atoms with Gasteiger partial charge in [-0.05, 0) is 35.9 Å². The van der Waals surface area contributed by atoms with E-state index in [9.17, 15) is 4.79 Å². The number of anilines is 1. The molecule has 0 aliphatic rings. The van der Waals surface area contributed by atoms with Crippen molar-refractivity contribution >= 4 is 27.5 Å². The molecule has 0 atom stereocenters. The van der Waals surface area contributed by atoms with Gasteiger partial charge >= 0.3 is 0 Å². The van der Waals surface area contributed by atoms with Crippen molar-refractivity contribution in [1.29, 1.82) is 0 Å². The first-order chi connectivity index (χ1) is 9.24. The van der Waals surface area contributed by atoms with E-state index in [1.165, 1.54) is 0 Å². The number of carbonyl (C=O) groups excluding carboxylic acids is 1. The maximum atomic E-state index is 12.2. The summed E-state index contributed by atoms with van der Waals surface area (Å²) < 4.78 is 5.08. The summed E-state index contributed by atoms with van der Waals surface area (Å²) >= 11 is 3.38. The normalized spacial score (nSPS) is 10.0. The van der Waals surface area contributed by atoms with E-state index in [0.29, 0.717) is 10.9 Å². The molecule has 0 saturated carbocycles. The van der Waals surface area contributed by atoms with E-state index in [1.54, 1.807) is 7.11 Å². The Labute approximate surface area is 120 Å². The highest BCUT2D eigenvalue weighted by atomic mass is 79.9. The summed E-state index contributed by atoms with van der Waals surface area (Å²) in [5.41, 5.74) is 2.39. The molecule has 1 N–H and O–H groups in total. The van der Waals surface area contributed by atoms with Gasteiger partial charge in [-0.1, -0.05) is 34.1 Å². The Morgan fingerprint density at radius 2 is 1.84 bits per heavy atom. The lowest BCUT2D eigenvalue weighted by atomic mass is 10.1. The van der Waals surface area contributed by atoms with Crippen molar-refractivity contribution in [3.8, 4) is 5.75 Å². The van der Waals surface area contributed by atoms with Crippen LogP contribution in [0.1, 0.15) is 15.9 Å². The van der Waals surface area contributed by atoms with Crippen LogP contribution in [-0.2, 0) is 5.33 Å². The van der Waals surface area contributed by atoms with Gasteiger partial charge in [-0.15, -0.1) is 0 Å². The van der Waals surface area contributed by atoms with Gasteiger partial charge in [0.15, 0.2) is 0 Å². The van der Waals surface area contributed by atoms with Crippen molar-refractivity contribution in [2.75, 3.05) is 12.4 Å². The van der Waals surface area contributed by atoms with Crippen LogP contribution in [0, 0.1) is 0 Å². The van der Waals surface area contributed by atoms with E-state index in [2.05, 4.69) is 21.2 Å². The smallest absolute Gasteiger partial charge is 0.255 e. The second-order valence-electron chi connectivity index (χ2n) is 3.97. The van der Waals surface area contributed by atoms with E-state index in [-0.39, 0.29) is 5.91 Å². The van der Waals surface area contributed by atoms with Gasteiger partial charge in [0.25, 0.3) is 5.91 Å². The molecule has 0 aliphatic heterocycles. The van der Waals surface area contributed by atoms with E-state index >= 15 is 0 Å². The number of hydrogen-bond donors (Lipinski definition) is 1. The summed E-state index contributed by atoms with van der Waals surface area (Å²) in [6, 6.07) is 14.8. The fourth-order valence-corrected chi connectivity index (χ4v) is 2.22. The molecule has 0 fully saturated rings. The van der Waals surface area contributed by atoms with E-state index < -0.39 is 0 Å². The number of ether oxygens (including phenoxy) is 1. The maximum Gasteiger partial charge on any atom is 0.255 e. The van der Waals surface area contributed by atoms with Gasteiger partial charge in [0, 0.05) is 16.6 Å². The number of carbonyl (C=O) groups is 1. The summed E-state index contributed by atoms with van der Waals surface area (Å²) in [6.07, 6.45) is 0. The molecule has 0 bridgehead atoms. The van der Waals surface area contributed by atoms with Crippen molar-refractivity contribution in [3.05, 3.63) is 59.7 Å². The highest BCUT2D eigenvalue weighted by Crippen LogP contribution is 2.18. The van der Waals surface area contributed by atoms with E-state index in [0.717, 1.165) is 17.0 Å². The molecule has 2 aromatic carbocycles. The lowest BCUT2D eigenvalue weighted by molar-refractivity contribution is 0.102. The van der Waals surface area contributed by atoms with Crippen molar-refractivity contribution < 1.29 is 9.53 Å². The summed E-state index contributed by atoms with van der Waals surface area (Å²) in [4.78, 5) is 12.2. The second kappa shape index (κ2) is 6.38. The summed E-state index contributed by atoms with van der Waals surface area (Å²) in [5, 5.41) is 3.52. The molecule has 19 heavy (non-hydrogen) atoms. The summed E-state index contributed by atoms with van der Waals surface area (Å²) in [5.74, 6) is 0.652. The van der Waals surface area contributed by atoms with Crippen molar-refractivity contribution in [3.63, 3.8) is 0 Å². The fourth-order valence-electron chi connectivity index (χ4n) is 1.73. The largest absolute Gasteiger partial charge is 0.497 e. The van der Waals surface area contributed by atoms with Crippen LogP contribution in [0.2, 0.25) is 0 Å². The molecule has 0 unspecified atom stereocenters. The third-order valence-corrected chi connectivity index (χ3v) is 3.36. The minimum absolute atomic E-state index is 0.111. The second-order valence-corrected chi connectivity index (χ2v) is 4.53. The van der Waals surface area contributed by atoms with Crippen molar-refractivity contribution in [2.45, 2.75) is 5.33 Å². The molecular weight excluding hydrogens is 306 g/mol. The lowest BCUT2D eigenvalue weighted by Gasteiger charge is -2.09. The molecule has 0 aliphatic carbocycles. The van der Waals surface area contributed by atoms with Crippen LogP contribution >= 0.6 is 15.9 Å². The van der Waals surface area contributed by atoms with E-state index in [4.69, 9.17) is 4.74 Å². The molecular formula is C15H14BrNO2. The predicted molar refractivity (Wildman–Crippen MR) is 80.0 cm³/mol. The average molecular weight is 320 g/mol. The van der Waals surface area contributed by atoms with Crippen LogP contribution in [0.5, 0.6) is 5.75 Å². The molecule has 3 nitrogen and oxygen atoms in total. The minimum Gasteiger partial charge on any atom is -0.497 e. The number of hydrogen-bond acceptors (Lipinski definition) is 2. The van der Waals surface area contributed by atoms with Crippen LogP contribution in [0.4, 0.5) is 5.69 Å². The molecule has 4 heteroatoms. The number of alkyl halides is 1. The lowest BCUT2D eigenvalue weighted by Crippen LogP contribution is -2.13. The molecule has 98 valence electrons. The van der Waals surface area contributed by atoms with Gasteiger partial charge < -0.3 is 10.1 Å². The zero-order chi connectivity index (χ0) is 13.7. The zero-order valence-electron chi connectivity index (χ0n) is 10.5. The molecule has 0 spiro atoms. The number of rotatable bonds is 4. The number of halogens is 1. The van der Waals surface area contributed by atoms with Crippen molar-refractivity contribution in [1.82, 2.24) is 0 Å². The Morgan fingerprint density at radius 3 is 2.47 bits per heavy atom. The van der Waals surface area contributed by atoms with E-state index in [1.807, 2.05) is 48.5 Å². The molecule has 2 rings (SSSR count). The molecule has 0 radical (unpaired) electrons. The third kappa shape index (κ3) is 3.35. The van der Waals surface area contributed by atoms with Crippen LogP contribution < -0.4 is 10.1 Å². The number of methoxy groups -OCH3 is 1. The van der Waals surface area contributed by atoms with Crippen LogP contribution in [0.25, 0.3) is 0 Å². The highest BCUT2D eigenvalue weighted by molar-refractivity contribution is 9.08. The predicted octanol–water partition coefficient (Wildman–Crippen LogP) is 3.84. The summed E-state index contributed by atoms with van der Waals surface area (Å²) in [6.45, 7) is 0. The van der Waals surface area contributed by atoms with Crippen LogP contribution in [0.15, 0.2) is 48.5 Å². The SMILES string of the molecule is COc1ccc(NC(=O)c2ccccc2CBr)cc1. The topological polar surface area (TPSA) is 38.3 Å². The molecule has 2 aromatic rings. The zero-order valence-corrected chi connectivity index (χ0v) is 12.1. The molecule has 0 aromatic heterocycles. The Hall–Kier alpha value is -1.81. The maximum absolute atomic E-state index is 12.2. The average Bonchev–Trinajstić information content (AvgIpc) is 2.48. The Kier molecular flexibility index (Phi) is 4.58. The van der Waals surface area contributed by atoms with Gasteiger partial charge in [-0.25, -0.2) is 0 Å². The first-order valence-corrected chi connectivity index (χ1v) is 6.96. The first kappa shape index (κ1) is 13.6. The van der Waals surface area contributed by atoms with Crippen LogP contribution in [-0.4, -0.2) is 13.0 Å². The van der Waals surface area contributed by atoms with Gasteiger partial charge in [0.1, 0.15) is 5.75 Å². The molecule has 1 amide bonds. The van der Waals surface area contributed by atoms with Gasteiger partial charge in [-0.2, -0.15) is 0 Å². The van der Waals surface area contributed by atoms with Crippen LogP contribution in [0.3, 0.4) is 0 Å². The number of amides is 1. The Morgan fingerprint density at radius 1 is 1.16 bits per heavy atom. The van der Waals surface area contributed by atoms with Gasteiger partial charge in [0.2, 0.25) is 0 Å². The molecule has 0 saturated heterocycles. The highest BCUT2D eigenvalue weighted by Gasteiger charge is 2.10. The Balaban J connectivity index is 2.16. The number of benzene rings is 2. The molecule has 0 heterocycles. The Bertz CT molecular complexity index is 567. The summed E-state index contributed by atoms with van der Waals surface area (Å²) in [7, 11) is 1.61. The first-order valence-electron chi connectivity index (χ1n) is 5.84. The fraction of sp³-hybridized carbons (Fsp3) is 0.133. The quantitative estimate of drug-likeness (QED) is 0.869. The standard InChI is InChI=1S/C15H14BrNO2/c1-19-13-8-6-12(7-9-13)17-15(18)14-5-3-2-4-11(14)10-16/h2-9H,10H2,1H3,(H,17,18). The minimum atomic E-state index is -0.111.